The molecule has 0 saturated carbocycles. The van der Waals surface area contributed by atoms with Gasteiger partial charge in [-0.1, -0.05) is 78.9 Å². The Balaban J connectivity index is 1.48. The van der Waals surface area contributed by atoms with E-state index in [0.29, 0.717) is 16.8 Å². The van der Waals surface area contributed by atoms with Gasteiger partial charge in [0.1, 0.15) is 18.7 Å². The van der Waals surface area contributed by atoms with Crippen LogP contribution in [0.2, 0.25) is 0 Å². The monoisotopic (exact) mass is 771 g/mol. The Labute approximate surface area is 317 Å². The number of aromatic nitrogens is 1. The second kappa shape index (κ2) is 20.0. The molecule has 4 aromatic rings. The van der Waals surface area contributed by atoms with Crippen LogP contribution in [0.1, 0.15) is 24.1 Å². The molecule has 7 N–H and O–H groups in total. The third-order valence-electron chi connectivity index (χ3n) is 7.94. The first kappa shape index (κ1) is 41.1. The molecule has 2 unspecified atom stereocenters. The van der Waals surface area contributed by atoms with Gasteiger partial charge < -0.3 is 37.1 Å². The summed E-state index contributed by atoms with van der Waals surface area (Å²) in [7, 11) is -2.53. The lowest BCUT2D eigenvalue weighted by Crippen LogP contribution is -2.56. The number of amides is 6. The summed E-state index contributed by atoms with van der Waals surface area (Å²) in [5.74, 6) is -3.99. The van der Waals surface area contributed by atoms with E-state index in [-0.39, 0.29) is 24.3 Å². The molecular weight excluding hydrogens is 731 g/mol. The quantitative estimate of drug-likeness (QED) is 0.0843. The lowest BCUT2D eigenvalue weighted by atomic mass is 10.1. The Morgan fingerprint density at radius 3 is 2.13 bits per heavy atom. The minimum atomic E-state index is -3.91. The van der Waals surface area contributed by atoms with Gasteiger partial charge in [-0.15, -0.1) is 0 Å². The molecule has 17 heteroatoms. The number of hydrogen-bond donors (Lipinski definition) is 6. The van der Waals surface area contributed by atoms with Crippen molar-refractivity contribution in [1.29, 1.82) is 0 Å². The van der Waals surface area contributed by atoms with Crippen LogP contribution < -0.4 is 32.3 Å². The molecule has 0 bridgehead atoms. The molecule has 0 spiro atoms. The summed E-state index contributed by atoms with van der Waals surface area (Å²) < 4.78 is 30.8. The Morgan fingerprint density at radius 2 is 1.44 bits per heavy atom. The first-order valence-corrected chi connectivity index (χ1v) is 18.5. The van der Waals surface area contributed by atoms with Crippen LogP contribution in [0.4, 0.5) is 4.79 Å². The van der Waals surface area contributed by atoms with Crippen LogP contribution in [-0.2, 0) is 51.6 Å². The third kappa shape index (κ3) is 13.4. The zero-order valence-corrected chi connectivity index (χ0v) is 30.6. The van der Waals surface area contributed by atoms with Gasteiger partial charge in [0.15, 0.2) is 9.84 Å². The Bertz CT molecular complexity index is 2130. The summed E-state index contributed by atoms with van der Waals surface area (Å²) in [6, 6.07) is 22.9. The first-order valence-electron chi connectivity index (χ1n) is 17.0. The predicted molar refractivity (Wildman–Crippen MR) is 201 cm³/mol. The topological polar surface area (TPSA) is 245 Å². The number of hydrogen-bond acceptors (Lipinski definition) is 10. The average Bonchev–Trinajstić information content (AvgIpc) is 3.18. The summed E-state index contributed by atoms with van der Waals surface area (Å²) in [5, 5.41) is 13.9. The highest BCUT2D eigenvalue weighted by Crippen LogP contribution is 2.14. The summed E-state index contributed by atoms with van der Waals surface area (Å²) >= 11 is 0. The molecule has 3 atom stereocenters. The standard InChI is InChI=1S/C38H41N7O9S/c1-40-34(47)21-28(18-19-55(52,53)29-13-6-3-7-14-29)43-35(48)23-41-36(49)31(20-27-17-16-26-12-8-9-15-30(26)42-27)44-37(50)32(22-33(39)46)45-38(51)54-24-25-10-4-2-5-11-25/h2-19,28,31-32H,20-24H2,1H3,(H2,39,46)(H,40,47)(H,41,49)(H,43,48)(H,44,50)(H,45,51)/b19-18+/t28?,31?,32-/m0/s1. The maximum atomic E-state index is 13.6. The highest BCUT2D eigenvalue weighted by Gasteiger charge is 2.29. The minimum Gasteiger partial charge on any atom is -0.445 e. The number of nitrogens with zero attached hydrogens (tertiary/aromatic N) is 1. The number of alkyl carbamates (subject to hydrolysis) is 1. The predicted octanol–water partition coefficient (Wildman–Crippen LogP) is 1.16. The normalized spacial score (nSPS) is 12.8. The van der Waals surface area contributed by atoms with Crippen LogP contribution in [0.5, 0.6) is 0 Å². The van der Waals surface area contributed by atoms with E-state index < -0.39 is 76.6 Å². The maximum absolute atomic E-state index is 13.6. The van der Waals surface area contributed by atoms with Gasteiger partial charge in [-0.25, -0.2) is 13.2 Å². The molecule has 3 aromatic carbocycles. The van der Waals surface area contributed by atoms with Crippen molar-refractivity contribution in [3.63, 3.8) is 0 Å². The summed E-state index contributed by atoms with van der Waals surface area (Å²) in [5.41, 5.74) is 7.04. The largest absolute Gasteiger partial charge is 0.445 e. The fraction of sp³-hybridized carbons (Fsp3) is 0.237. The number of benzene rings is 3. The van der Waals surface area contributed by atoms with Crippen molar-refractivity contribution < 1.29 is 41.9 Å². The molecular formula is C38H41N7O9S. The molecule has 0 radical (unpaired) electrons. The van der Waals surface area contributed by atoms with Gasteiger partial charge in [0.25, 0.3) is 0 Å². The molecule has 4 rings (SSSR count). The molecule has 0 aliphatic heterocycles. The molecule has 0 fully saturated rings. The SMILES string of the molecule is CNC(=O)CC(/C=C/S(=O)(=O)c1ccccc1)NC(=O)CNC(=O)C(Cc1ccc2ccccc2n1)NC(=O)[C@H](CC(N)=O)NC(=O)OCc1ccccc1. The van der Waals surface area contributed by atoms with Crippen molar-refractivity contribution in [2.45, 2.75) is 48.9 Å². The fourth-order valence-electron chi connectivity index (χ4n) is 5.13. The molecule has 1 aromatic heterocycles. The van der Waals surface area contributed by atoms with Crippen molar-refractivity contribution in [1.82, 2.24) is 31.6 Å². The number of sulfone groups is 1. The van der Waals surface area contributed by atoms with Crippen LogP contribution in [0.3, 0.4) is 0 Å². The number of primary amides is 1. The molecule has 1 heterocycles. The van der Waals surface area contributed by atoms with E-state index in [1.807, 2.05) is 12.1 Å². The number of nitrogens with one attached hydrogen (secondary N) is 5. The zero-order chi connectivity index (χ0) is 39.8. The summed E-state index contributed by atoms with van der Waals surface area (Å²) in [6.45, 7) is -0.768. The number of carbonyl (C=O) groups is 6. The number of rotatable bonds is 18. The first-order chi connectivity index (χ1) is 26.3. The van der Waals surface area contributed by atoms with Crippen LogP contribution in [-0.4, -0.2) is 80.7 Å². The Morgan fingerprint density at radius 1 is 0.764 bits per heavy atom. The van der Waals surface area contributed by atoms with Gasteiger partial charge in [-0.3, -0.25) is 29.0 Å². The number of nitrogens with two attached hydrogens (primary N) is 1. The maximum Gasteiger partial charge on any atom is 0.408 e. The van der Waals surface area contributed by atoms with E-state index in [4.69, 9.17) is 10.5 Å². The van der Waals surface area contributed by atoms with Crippen LogP contribution in [0.25, 0.3) is 10.9 Å². The smallest absolute Gasteiger partial charge is 0.408 e. The van der Waals surface area contributed by atoms with E-state index in [1.54, 1.807) is 72.8 Å². The van der Waals surface area contributed by atoms with E-state index in [9.17, 15) is 37.2 Å². The minimum absolute atomic E-state index is 0.00914. The van der Waals surface area contributed by atoms with Gasteiger partial charge in [0.05, 0.1) is 35.8 Å². The van der Waals surface area contributed by atoms with Gasteiger partial charge in [-0.05, 0) is 29.8 Å². The highest BCUT2D eigenvalue weighted by molar-refractivity contribution is 7.94. The van der Waals surface area contributed by atoms with E-state index in [1.165, 1.54) is 19.2 Å². The fourth-order valence-corrected chi connectivity index (χ4v) is 6.22. The van der Waals surface area contributed by atoms with E-state index in [0.717, 1.165) is 16.9 Å². The zero-order valence-electron chi connectivity index (χ0n) is 29.8. The average molecular weight is 772 g/mol. The number of carbonyl (C=O) groups excluding carboxylic acids is 6. The van der Waals surface area contributed by atoms with Crippen molar-refractivity contribution in [2.24, 2.45) is 5.73 Å². The van der Waals surface area contributed by atoms with E-state index >= 15 is 0 Å². The molecule has 0 saturated heterocycles. The second-order valence-electron chi connectivity index (χ2n) is 12.1. The summed E-state index contributed by atoms with van der Waals surface area (Å²) in [6.07, 6.45) is -0.979. The van der Waals surface area contributed by atoms with Crippen LogP contribution in [0, 0.1) is 0 Å². The van der Waals surface area contributed by atoms with E-state index in [2.05, 4.69) is 31.6 Å². The molecule has 6 amide bonds. The molecule has 16 nitrogen and oxygen atoms in total. The molecule has 288 valence electrons. The number of para-hydroxylation sites is 1. The van der Waals surface area contributed by atoms with Crippen molar-refractivity contribution >= 4 is 56.4 Å². The number of pyridine rings is 1. The second-order valence-corrected chi connectivity index (χ2v) is 14.0. The highest BCUT2D eigenvalue weighted by atomic mass is 32.2. The molecule has 0 aliphatic carbocycles. The summed E-state index contributed by atoms with van der Waals surface area (Å²) in [4.78, 5) is 81.4. The van der Waals surface area contributed by atoms with Gasteiger partial charge in [0, 0.05) is 30.0 Å². The lowest BCUT2D eigenvalue weighted by molar-refractivity contribution is -0.132. The van der Waals surface area contributed by atoms with Gasteiger partial charge in [-0.2, -0.15) is 0 Å². The molecule has 55 heavy (non-hydrogen) atoms. The third-order valence-corrected chi connectivity index (χ3v) is 9.39. The number of fused-ring (bicyclic) bond motifs is 1. The van der Waals surface area contributed by atoms with Crippen LogP contribution in [0.15, 0.2) is 113 Å². The molecule has 0 aliphatic rings. The lowest BCUT2D eigenvalue weighted by Gasteiger charge is -2.23. The van der Waals surface area contributed by atoms with Gasteiger partial charge in [0.2, 0.25) is 29.5 Å². The van der Waals surface area contributed by atoms with Gasteiger partial charge >= 0.3 is 6.09 Å². The Hall–Kier alpha value is -6.62. The van der Waals surface area contributed by atoms with Crippen molar-refractivity contribution in [2.75, 3.05) is 13.6 Å². The van der Waals surface area contributed by atoms with Crippen molar-refractivity contribution in [3.05, 3.63) is 120 Å². The number of ether oxygens (including phenoxy) is 1. The Kier molecular flexibility index (Phi) is 15.0. The van der Waals surface area contributed by atoms with Crippen LogP contribution >= 0.6 is 0 Å². The van der Waals surface area contributed by atoms with Crippen molar-refractivity contribution in [3.8, 4) is 0 Å².